The predicted octanol–water partition coefficient (Wildman–Crippen LogP) is 7.60. The molecule has 7 heteroatoms. The van der Waals surface area contributed by atoms with Crippen LogP contribution < -0.4 is 0 Å². The van der Waals surface area contributed by atoms with Crippen LogP contribution in [0.2, 0.25) is 0 Å². The molecule has 0 aromatic heterocycles. The first-order valence-electron chi connectivity index (χ1n) is 17.4. The van der Waals surface area contributed by atoms with Crippen LogP contribution in [0, 0.1) is 11.8 Å². The first-order valence-corrected chi connectivity index (χ1v) is 17.4. The predicted molar refractivity (Wildman–Crippen MR) is 165 cm³/mol. The van der Waals surface area contributed by atoms with Gasteiger partial charge in [0.1, 0.15) is 0 Å². The fraction of sp³-hybridized carbons (Fsp3) is 0.886. The van der Waals surface area contributed by atoms with Gasteiger partial charge in [-0.05, 0) is 96.3 Å². The highest BCUT2D eigenvalue weighted by atomic mass is 16.7. The highest BCUT2D eigenvalue weighted by Gasteiger charge is 2.45. The van der Waals surface area contributed by atoms with Gasteiger partial charge in [0.05, 0.1) is 24.4 Å². The van der Waals surface area contributed by atoms with E-state index in [4.69, 9.17) is 28.4 Å². The second-order valence-corrected chi connectivity index (χ2v) is 12.9. The van der Waals surface area contributed by atoms with Crippen LogP contribution in [0.5, 0.6) is 0 Å². The molecular weight excluding hydrogens is 532 g/mol. The molecule has 0 bridgehead atoms. The van der Waals surface area contributed by atoms with Gasteiger partial charge in [-0.1, -0.05) is 50.5 Å². The standard InChI is InChI=1S/C35H60O7/c1-3-4-6-16-28(40-33-18-9-12-23-37-33)21-22-30-29(17-8-5-7-15-27(2)36)31(41-34-19-10-13-24-38-34)26-32(30)42-35-20-11-14-25-39-35/h5,8,21-22,27-36H,3-4,6-7,9-20,23-26H2,1-2H3/t27?,28?,29-,30-,31+,32-,33+,34?,35?/m1/s1. The SMILES string of the molecule is CCCCCC(C=C[C@@H]1[C@@H](CC=CCCC(C)O)[C@@H](OC2CCCCO2)C[C@H]1OC1CCCCO1)O[C@H]1CCCCO1. The van der Waals surface area contributed by atoms with E-state index in [1.165, 1.54) is 19.3 Å². The summed E-state index contributed by atoms with van der Waals surface area (Å²) in [4.78, 5) is 0. The van der Waals surface area contributed by atoms with E-state index in [2.05, 4.69) is 31.2 Å². The highest BCUT2D eigenvalue weighted by Crippen LogP contribution is 2.42. The number of rotatable bonds is 17. The number of hydrogen-bond donors (Lipinski definition) is 1. The molecule has 242 valence electrons. The largest absolute Gasteiger partial charge is 0.393 e. The smallest absolute Gasteiger partial charge is 0.158 e. The van der Waals surface area contributed by atoms with Crippen molar-refractivity contribution in [3.05, 3.63) is 24.3 Å². The third kappa shape index (κ3) is 11.9. The van der Waals surface area contributed by atoms with Crippen molar-refractivity contribution >= 4 is 0 Å². The first-order chi connectivity index (χ1) is 20.6. The maximum Gasteiger partial charge on any atom is 0.158 e. The van der Waals surface area contributed by atoms with Gasteiger partial charge in [0, 0.05) is 32.2 Å². The molecule has 4 aliphatic rings. The Kier molecular flexibility index (Phi) is 15.9. The minimum Gasteiger partial charge on any atom is -0.393 e. The van der Waals surface area contributed by atoms with Crippen LogP contribution in [-0.2, 0) is 28.4 Å². The highest BCUT2D eigenvalue weighted by molar-refractivity contribution is 5.07. The van der Waals surface area contributed by atoms with Gasteiger partial charge < -0.3 is 33.5 Å². The Bertz CT molecular complexity index is 752. The molecule has 0 aromatic carbocycles. The van der Waals surface area contributed by atoms with Gasteiger partial charge in [-0.25, -0.2) is 0 Å². The fourth-order valence-corrected chi connectivity index (χ4v) is 6.77. The molecule has 4 unspecified atom stereocenters. The molecule has 0 aromatic rings. The van der Waals surface area contributed by atoms with Crippen molar-refractivity contribution in [3.63, 3.8) is 0 Å². The molecule has 1 saturated carbocycles. The number of aliphatic hydroxyl groups is 1. The third-order valence-corrected chi connectivity index (χ3v) is 9.23. The summed E-state index contributed by atoms with van der Waals surface area (Å²) in [5.41, 5.74) is 0. The summed E-state index contributed by atoms with van der Waals surface area (Å²) in [6.45, 7) is 6.45. The van der Waals surface area contributed by atoms with E-state index in [0.717, 1.165) is 110 Å². The van der Waals surface area contributed by atoms with Crippen LogP contribution in [0.3, 0.4) is 0 Å². The van der Waals surface area contributed by atoms with Gasteiger partial charge in [0.15, 0.2) is 18.9 Å². The fourth-order valence-electron chi connectivity index (χ4n) is 6.77. The van der Waals surface area contributed by atoms with Gasteiger partial charge in [-0.3, -0.25) is 0 Å². The number of unbranched alkanes of at least 4 members (excludes halogenated alkanes) is 2. The van der Waals surface area contributed by atoms with Crippen molar-refractivity contribution in [3.8, 4) is 0 Å². The van der Waals surface area contributed by atoms with E-state index in [-0.39, 0.29) is 55.1 Å². The summed E-state index contributed by atoms with van der Waals surface area (Å²) in [5.74, 6) is 0.459. The minimum absolute atomic E-state index is 0.0241. The first kappa shape index (κ1) is 34.1. The Morgan fingerprint density at radius 2 is 1.43 bits per heavy atom. The molecule has 4 fully saturated rings. The van der Waals surface area contributed by atoms with Crippen molar-refractivity contribution in [2.75, 3.05) is 19.8 Å². The number of ether oxygens (including phenoxy) is 6. The van der Waals surface area contributed by atoms with Gasteiger partial charge >= 0.3 is 0 Å². The molecule has 0 radical (unpaired) electrons. The normalized spacial score (nSPS) is 34.3. The second-order valence-electron chi connectivity index (χ2n) is 12.9. The zero-order valence-electron chi connectivity index (χ0n) is 26.5. The lowest BCUT2D eigenvalue weighted by Crippen LogP contribution is -2.31. The summed E-state index contributed by atoms with van der Waals surface area (Å²) in [6.07, 6.45) is 26.3. The molecule has 7 nitrogen and oxygen atoms in total. The molecule has 3 saturated heterocycles. The van der Waals surface area contributed by atoms with Gasteiger partial charge in [-0.2, -0.15) is 0 Å². The average Bonchev–Trinajstić information content (AvgIpc) is 3.32. The lowest BCUT2D eigenvalue weighted by atomic mass is 9.89. The van der Waals surface area contributed by atoms with Gasteiger partial charge in [0.2, 0.25) is 0 Å². The monoisotopic (exact) mass is 592 g/mol. The Morgan fingerprint density at radius 3 is 2.02 bits per heavy atom. The van der Waals surface area contributed by atoms with Crippen LogP contribution >= 0.6 is 0 Å². The summed E-state index contributed by atoms with van der Waals surface area (Å²) in [7, 11) is 0. The molecule has 1 N–H and O–H groups in total. The van der Waals surface area contributed by atoms with E-state index in [1.54, 1.807) is 0 Å². The molecule has 0 spiro atoms. The van der Waals surface area contributed by atoms with Crippen LogP contribution in [0.25, 0.3) is 0 Å². The molecule has 42 heavy (non-hydrogen) atoms. The Hall–Kier alpha value is -0.800. The Balaban J connectivity index is 1.51. The van der Waals surface area contributed by atoms with Crippen molar-refractivity contribution < 1.29 is 33.5 Å². The molecule has 3 heterocycles. The van der Waals surface area contributed by atoms with Crippen LogP contribution in [0.15, 0.2) is 24.3 Å². The van der Waals surface area contributed by atoms with Crippen molar-refractivity contribution in [2.45, 2.75) is 166 Å². The molecule has 4 rings (SSSR count). The Labute approximate surface area is 255 Å². The Morgan fingerprint density at radius 1 is 0.786 bits per heavy atom. The van der Waals surface area contributed by atoms with Crippen LogP contribution in [-0.4, -0.2) is 68.2 Å². The summed E-state index contributed by atoms with van der Waals surface area (Å²) in [5, 5.41) is 9.71. The lowest BCUT2D eigenvalue weighted by Gasteiger charge is -2.30. The minimum atomic E-state index is -0.276. The topological polar surface area (TPSA) is 75.6 Å². The van der Waals surface area contributed by atoms with E-state index < -0.39 is 0 Å². The van der Waals surface area contributed by atoms with E-state index in [1.807, 2.05) is 6.92 Å². The van der Waals surface area contributed by atoms with Gasteiger partial charge in [-0.15, -0.1) is 0 Å². The molecule has 3 aliphatic heterocycles. The van der Waals surface area contributed by atoms with E-state index >= 15 is 0 Å². The third-order valence-electron chi connectivity index (χ3n) is 9.23. The van der Waals surface area contributed by atoms with Crippen molar-refractivity contribution in [2.24, 2.45) is 11.8 Å². The van der Waals surface area contributed by atoms with Crippen molar-refractivity contribution in [1.29, 1.82) is 0 Å². The zero-order valence-corrected chi connectivity index (χ0v) is 26.5. The number of hydrogen-bond acceptors (Lipinski definition) is 7. The molecule has 1 aliphatic carbocycles. The summed E-state index contributed by atoms with van der Waals surface area (Å²) >= 11 is 0. The van der Waals surface area contributed by atoms with Gasteiger partial charge in [0.25, 0.3) is 0 Å². The summed E-state index contributed by atoms with van der Waals surface area (Å²) in [6, 6.07) is 0. The van der Waals surface area contributed by atoms with E-state index in [9.17, 15) is 5.11 Å². The average molecular weight is 593 g/mol. The molecular formula is C35H60O7. The molecule has 0 amide bonds. The number of allylic oxidation sites excluding steroid dienone is 2. The second kappa shape index (κ2) is 19.6. The maximum atomic E-state index is 9.71. The number of aliphatic hydroxyl groups excluding tert-OH is 1. The maximum absolute atomic E-state index is 9.71. The summed E-state index contributed by atoms with van der Waals surface area (Å²) < 4.78 is 38.0. The van der Waals surface area contributed by atoms with Crippen LogP contribution in [0.4, 0.5) is 0 Å². The van der Waals surface area contributed by atoms with Crippen molar-refractivity contribution in [1.82, 2.24) is 0 Å². The zero-order chi connectivity index (χ0) is 29.4. The lowest BCUT2D eigenvalue weighted by molar-refractivity contribution is -0.203. The van der Waals surface area contributed by atoms with Crippen LogP contribution in [0.1, 0.15) is 123 Å². The molecule has 9 atom stereocenters. The quantitative estimate of drug-likeness (QED) is 0.138. The van der Waals surface area contributed by atoms with E-state index in [0.29, 0.717) is 0 Å².